The SMILES string of the molecule is C=CC(=O)OCCC(CCC)CCOC(=O)C=C. The molecule has 18 heavy (non-hydrogen) atoms. The number of carbonyl (C=O) groups excluding carboxylic acids is 2. The van der Waals surface area contributed by atoms with Gasteiger partial charge in [0.15, 0.2) is 0 Å². The Labute approximate surface area is 109 Å². The highest BCUT2D eigenvalue weighted by Crippen LogP contribution is 2.16. The number of hydrogen-bond donors (Lipinski definition) is 0. The van der Waals surface area contributed by atoms with Crippen molar-refractivity contribution in [3.63, 3.8) is 0 Å². The summed E-state index contributed by atoms with van der Waals surface area (Å²) in [4.78, 5) is 21.7. The molecule has 0 aliphatic heterocycles. The summed E-state index contributed by atoms with van der Waals surface area (Å²) in [6, 6.07) is 0. The normalized spacial score (nSPS) is 9.89. The molecule has 0 spiro atoms. The number of rotatable bonds is 10. The largest absolute Gasteiger partial charge is 0.463 e. The standard InChI is InChI=1S/C14H22O4/c1-4-7-12(8-10-17-13(15)5-2)9-11-18-14(16)6-3/h5-6,12H,2-4,7-11H2,1H3. The quantitative estimate of drug-likeness (QED) is 0.444. The van der Waals surface area contributed by atoms with Gasteiger partial charge in [0.2, 0.25) is 0 Å². The fourth-order valence-electron chi connectivity index (χ4n) is 1.61. The van der Waals surface area contributed by atoms with Gasteiger partial charge < -0.3 is 9.47 Å². The van der Waals surface area contributed by atoms with Gasteiger partial charge >= 0.3 is 11.9 Å². The molecule has 0 N–H and O–H groups in total. The van der Waals surface area contributed by atoms with Crippen LogP contribution in [0.3, 0.4) is 0 Å². The first-order valence-corrected chi connectivity index (χ1v) is 6.22. The lowest BCUT2D eigenvalue weighted by Gasteiger charge is -2.15. The molecule has 0 saturated carbocycles. The Morgan fingerprint density at radius 3 is 1.78 bits per heavy atom. The van der Waals surface area contributed by atoms with E-state index in [2.05, 4.69) is 20.1 Å². The number of carbonyl (C=O) groups is 2. The van der Waals surface area contributed by atoms with Crippen molar-refractivity contribution in [1.82, 2.24) is 0 Å². The van der Waals surface area contributed by atoms with Gasteiger partial charge in [0, 0.05) is 12.2 Å². The minimum absolute atomic E-state index is 0.380. The summed E-state index contributed by atoms with van der Waals surface area (Å²) in [6.45, 7) is 9.52. The zero-order valence-corrected chi connectivity index (χ0v) is 11.0. The van der Waals surface area contributed by atoms with Gasteiger partial charge in [-0.1, -0.05) is 32.9 Å². The van der Waals surface area contributed by atoms with E-state index in [4.69, 9.17) is 9.47 Å². The van der Waals surface area contributed by atoms with Crippen LogP contribution in [0, 0.1) is 5.92 Å². The van der Waals surface area contributed by atoms with Crippen LogP contribution in [0.15, 0.2) is 25.3 Å². The topological polar surface area (TPSA) is 52.6 Å². The van der Waals surface area contributed by atoms with E-state index in [-0.39, 0.29) is 0 Å². The second-order valence-electron chi connectivity index (χ2n) is 3.98. The van der Waals surface area contributed by atoms with E-state index in [0.717, 1.165) is 37.8 Å². The molecule has 0 aliphatic carbocycles. The Bertz CT molecular complexity index is 258. The average Bonchev–Trinajstić information content (AvgIpc) is 2.38. The van der Waals surface area contributed by atoms with Gasteiger partial charge in [0.1, 0.15) is 0 Å². The van der Waals surface area contributed by atoms with Gasteiger partial charge in [0.25, 0.3) is 0 Å². The zero-order chi connectivity index (χ0) is 13.8. The van der Waals surface area contributed by atoms with Crippen LogP contribution in [0.4, 0.5) is 0 Å². The highest BCUT2D eigenvalue weighted by atomic mass is 16.5. The van der Waals surface area contributed by atoms with Crippen LogP contribution in [0.2, 0.25) is 0 Å². The van der Waals surface area contributed by atoms with E-state index < -0.39 is 11.9 Å². The van der Waals surface area contributed by atoms with Crippen molar-refractivity contribution < 1.29 is 19.1 Å². The summed E-state index contributed by atoms with van der Waals surface area (Å²) in [5.41, 5.74) is 0. The molecule has 0 aliphatic rings. The minimum atomic E-state index is -0.400. The summed E-state index contributed by atoms with van der Waals surface area (Å²) in [5, 5.41) is 0. The Hall–Kier alpha value is -1.58. The molecule has 0 atom stereocenters. The van der Waals surface area contributed by atoms with Crippen LogP contribution >= 0.6 is 0 Å². The van der Waals surface area contributed by atoms with Gasteiger partial charge in [-0.05, 0) is 18.8 Å². The second kappa shape index (κ2) is 10.6. The molecule has 0 aromatic heterocycles. The molecular formula is C14H22O4. The maximum absolute atomic E-state index is 10.9. The molecule has 0 saturated heterocycles. The Kier molecular flexibility index (Phi) is 9.64. The summed E-state index contributed by atoms with van der Waals surface area (Å²) in [5.74, 6) is -0.406. The smallest absolute Gasteiger partial charge is 0.330 e. The van der Waals surface area contributed by atoms with Crippen molar-refractivity contribution in [1.29, 1.82) is 0 Å². The second-order valence-corrected chi connectivity index (χ2v) is 3.98. The Balaban J connectivity index is 3.83. The maximum atomic E-state index is 10.9. The van der Waals surface area contributed by atoms with Crippen LogP contribution in [0.5, 0.6) is 0 Å². The van der Waals surface area contributed by atoms with Crippen molar-refractivity contribution in [3.05, 3.63) is 25.3 Å². The van der Waals surface area contributed by atoms with Crippen molar-refractivity contribution >= 4 is 11.9 Å². The van der Waals surface area contributed by atoms with Gasteiger partial charge in [0.05, 0.1) is 13.2 Å². The first-order valence-electron chi connectivity index (χ1n) is 6.22. The summed E-state index contributed by atoms with van der Waals surface area (Å²) >= 11 is 0. The highest BCUT2D eigenvalue weighted by molar-refractivity contribution is 5.81. The van der Waals surface area contributed by atoms with E-state index in [0.29, 0.717) is 19.1 Å². The third-order valence-electron chi connectivity index (χ3n) is 2.57. The molecule has 0 radical (unpaired) electrons. The summed E-state index contributed by atoms with van der Waals surface area (Å²) < 4.78 is 9.87. The zero-order valence-electron chi connectivity index (χ0n) is 11.0. The molecule has 4 heteroatoms. The predicted octanol–water partition coefficient (Wildman–Crippen LogP) is 2.64. The molecule has 0 aromatic rings. The lowest BCUT2D eigenvalue weighted by Crippen LogP contribution is -2.12. The van der Waals surface area contributed by atoms with Crippen molar-refractivity contribution in [2.24, 2.45) is 5.92 Å². The minimum Gasteiger partial charge on any atom is -0.463 e. The van der Waals surface area contributed by atoms with Gasteiger partial charge in [-0.3, -0.25) is 0 Å². The maximum Gasteiger partial charge on any atom is 0.330 e. The molecule has 0 rings (SSSR count). The van der Waals surface area contributed by atoms with Gasteiger partial charge in [-0.2, -0.15) is 0 Å². The molecule has 0 fully saturated rings. The lowest BCUT2D eigenvalue weighted by molar-refractivity contribution is -0.138. The third kappa shape index (κ3) is 8.56. The van der Waals surface area contributed by atoms with Crippen LogP contribution in [0.25, 0.3) is 0 Å². The molecule has 4 nitrogen and oxygen atoms in total. The van der Waals surface area contributed by atoms with Gasteiger partial charge in [-0.15, -0.1) is 0 Å². The first-order chi connectivity index (χ1) is 8.63. The Morgan fingerprint density at radius 1 is 1.00 bits per heavy atom. The molecule has 0 heterocycles. The number of hydrogen-bond acceptors (Lipinski definition) is 4. The highest BCUT2D eigenvalue weighted by Gasteiger charge is 2.10. The molecular weight excluding hydrogens is 232 g/mol. The number of ether oxygens (including phenoxy) is 2. The van der Waals surface area contributed by atoms with E-state index in [9.17, 15) is 9.59 Å². The molecule has 0 amide bonds. The average molecular weight is 254 g/mol. The fourth-order valence-corrected chi connectivity index (χ4v) is 1.61. The van der Waals surface area contributed by atoms with Crippen molar-refractivity contribution in [2.45, 2.75) is 32.6 Å². The summed E-state index contributed by atoms with van der Waals surface area (Å²) in [7, 11) is 0. The first kappa shape index (κ1) is 16.4. The molecule has 102 valence electrons. The number of esters is 2. The van der Waals surface area contributed by atoms with Crippen molar-refractivity contribution in [2.75, 3.05) is 13.2 Å². The van der Waals surface area contributed by atoms with Crippen LogP contribution < -0.4 is 0 Å². The van der Waals surface area contributed by atoms with Crippen LogP contribution in [0.1, 0.15) is 32.6 Å². The predicted molar refractivity (Wildman–Crippen MR) is 69.9 cm³/mol. The van der Waals surface area contributed by atoms with E-state index in [1.165, 1.54) is 0 Å². The fraction of sp³-hybridized carbons (Fsp3) is 0.571. The van der Waals surface area contributed by atoms with Gasteiger partial charge in [-0.25, -0.2) is 9.59 Å². The monoisotopic (exact) mass is 254 g/mol. The summed E-state index contributed by atoms with van der Waals surface area (Å²) in [6.07, 6.45) is 5.94. The lowest BCUT2D eigenvalue weighted by atomic mass is 9.97. The van der Waals surface area contributed by atoms with E-state index in [1.54, 1.807) is 0 Å². The molecule has 0 unspecified atom stereocenters. The third-order valence-corrected chi connectivity index (χ3v) is 2.57. The van der Waals surface area contributed by atoms with E-state index >= 15 is 0 Å². The molecule has 0 bridgehead atoms. The van der Waals surface area contributed by atoms with Crippen LogP contribution in [-0.2, 0) is 19.1 Å². The van der Waals surface area contributed by atoms with Crippen LogP contribution in [-0.4, -0.2) is 25.2 Å². The molecule has 0 aromatic carbocycles. The Morgan fingerprint density at radius 2 is 1.44 bits per heavy atom. The van der Waals surface area contributed by atoms with E-state index in [1.807, 2.05) is 0 Å². The van der Waals surface area contributed by atoms with Crippen molar-refractivity contribution in [3.8, 4) is 0 Å².